The van der Waals surface area contributed by atoms with Crippen molar-refractivity contribution < 1.29 is 0 Å². The van der Waals surface area contributed by atoms with E-state index in [0.717, 1.165) is 29.8 Å². The van der Waals surface area contributed by atoms with Crippen molar-refractivity contribution in [2.45, 2.75) is 32.9 Å². The molecule has 1 atom stereocenters. The number of rotatable bonds is 5. The highest BCUT2D eigenvalue weighted by Gasteiger charge is 2.17. The summed E-state index contributed by atoms with van der Waals surface area (Å²) in [5, 5.41) is 11.4. The molecule has 0 saturated carbocycles. The summed E-state index contributed by atoms with van der Waals surface area (Å²) in [5.74, 6) is 0. The Balaban J connectivity index is 2.36. The Hall–Kier alpha value is -1.75. The zero-order valence-corrected chi connectivity index (χ0v) is 11.1. The van der Waals surface area contributed by atoms with Gasteiger partial charge in [-0.15, -0.1) is 5.10 Å². The largest absolute Gasteiger partial charge is 0.308 e. The third-order valence-electron chi connectivity index (χ3n) is 2.90. The number of nitrogens with one attached hydrogen (secondary N) is 1. The first-order valence-corrected chi connectivity index (χ1v) is 6.23. The molecule has 5 nitrogen and oxygen atoms in total. The Kier molecular flexibility index (Phi) is 4.04. The molecule has 0 aromatic carbocycles. The number of hydrogen-bond acceptors (Lipinski definition) is 4. The molecule has 0 aliphatic heterocycles. The van der Waals surface area contributed by atoms with E-state index in [1.807, 2.05) is 37.2 Å². The van der Waals surface area contributed by atoms with Gasteiger partial charge in [0.25, 0.3) is 0 Å². The predicted molar refractivity (Wildman–Crippen MR) is 70.2 cm³/mol. The fraction of sp³-hybridized carbons (Fsp3) is 0.462. The second-order valence-corrected chi connectivity index (χ2v) is 4.40. The van der Waals surface area contributed by atoms with Gasteiger partial charge in [-0.3, -0.25) is 4.98 Å². The molecule has 0 saturated heterocycles. The minimum atomic E-state index is 0.0824. The second-order valence-electron chi connectivity index (χ2n) is 4.40. The molecule has 1 N–H and O–H groups in total. The van der Waals surface area contributed by atoms with E-state index in [0.29, 0.717) is 0 Å². The number of pyridine rings is 1. The SMILES string of the molecule is CCCn1nncc1C(NC)c1cncc(C)c1. The zero-order chi connectivity index (χ0) is 13.0. The lowest BCUT2D eigenvalue weighted by Gasteiger charge is -2.17. The van der Waals surface area contributed by atoms with Gasteiger partial charge in [0, 0.05) is 18.9 Å². The fourth-order valence-corrected chi connectivity index (χ4v) is 2.10. The molecule has 0 aliphatic rings. The van der Waals surface area contributed by atoms with Crippen LogP contribution in [0.15, 0.2) is 24.7 Å². The summed E-state index contributed by atoms with van der Waals surface area (Å²) >= 11 is 0. The topological polar surface area (TPSA) is 55.6 Å². The van der Waals surface area contributed by atoms with Crippen molar-refractivity contribution in [1.29, 1.82) is 0 Å². The molecule has 2 aromatic heterocycles. The van der Waals surface area contributed by atoms with Crippen molar-refractivity contribution in [2.75, 3.05) is 7.05 Å². The van der Waals surface area contributed by atoms with Gasteiger partial charge in [0.15, 0.2) is 0 Å². The van der Waals surface area contributed by atoms with Crippen molar-refractivity contribution in [3.05, 3.63) is 41.5 Å². The Morgan fingerprint density at radius 2 is 2.17 bits per heavy atom. The lowest BCUT2D eigenvalue weighted by atomic mass is 10.0. The van der Waals surface area contributed by atoms with Crippen LogP contribution in [0.3, 0.4) is 0 Å². The second kappa shape index (κ2) is 5.73. The van der Waals surface area contributed by atoms with Gasteiger partial charge in [-0.2, -0.15) is 0 Å². The quantitative estimate of drug-likeness (QED) is 0.871. The van der Waals surface area contributed by atoms with Gasteiger partial charge in [0.1, 0.15) is 0 Å². The van der Waals surface area contributed by atoms with E-state index in [1.165, 1.54) is 0 Å². The van der Waals surface area contributed by atoms with Crippen LogP contribution in [0.4, 0.5) is 0 Å². The molecule has 2 heterocycles. The summed E-state index contributed by atoms with van der Waals surface area (Å²) in [4.78, 5) is 4.25. The van der Waals surface area contributed by atoms with E-state index < -0.39 is 0 Å². The van der Waals surface area contributed by atoms with Crippen LogP contribution in [0.1, 0.15) is 36.2 Å². The molecule has 18 heavy (non-hydrogen) atoms. The normalized spacial score (nSPS) is 12.6. The van der Waals surface area contributed by atoms with Gasteiger partial charge < -0.3 is 5.32 Å². The molecule has 0 radical (unpaired) electrons. The Morgan fingerprint density at radius 3 is 2.83 bits per heavy atom. The van der Waals surface area contributed by atoms with Crippen molar-refractivity contribution in [2.24, 2.45) is 0 Å². The van der Waals surface area contributed by atoms with E-state index in [1.54, 1.807) is 0 Å². The monoisotopic (exact) mass is 245 g/mol. The van der Waals surface area contributed by atoms with Crippen molar-refractivity contribution in [3.63, 3.8) is 0 Å². The molecule has 0 amide bonds. The van der Waals surface area contributed by atoms with Crippen LogP contribution in [0.2, 0.25) is 0 Å². The molecule has 0 spiro atoms. The van der Waals surface area contributed by atoms with Crippen LogP contribution in [0.5, 0.6) is 0 Å². The highest BCUT2D eigenvalue weighted by atomic mass is 15.4. The zero-order valence-electron chi connectivity index (χ0n) is 11.1. The highest BCUT2D eigenvalue weighted by molar-refractivity contribution is 5.26. The van der Waals surface area contributed by atoms with Gasteiger partial charge >= 0.3 is 0 Å². The average Bonchev–Trinajstić information content (AvgIpc) is 2.79. The standard InChI is InChI=1S/C13H19N5/c1-4-5-18-12(9-16-17-18)13(14-3)11-6-10(2)7-15-8-11/h6-9,13-14H,4-5H2,1-3H3. The Morgan fingerprint density at radius 1 is 1.33 bits per heavy atom. The van der Waals surface area contributed by atoms with Gasteiger partial charge in [-0.1, -0.05) is 18.2 Å². The molecule has 0 fully saturated rings. The maximum Gasteiger partial charge on any atom is 0.0802 e. The highest BCUT2D eigenvalue weighted by Crippen LogP contribution is 2.20. The van der Waals surface area contributed by atoms with Gasteiger partial charge in [0.2, 0.25) is 0 Å². The summed E-state index contributed by atoms with van der Waals surface area (Å²) in [5.41, 5.74) is 3.37. The van der Waals surface area contributed by atoms with Gasteiger partial charge in [-0.05, 0) is 31.5 Å². The minimum absolute atomic E-state index is 0.0824. The summed E-state index contributed by atoms with van der Waals surface area (Å²) < 4.78 is 1.95. The Bertz CT molecular complexity index is 506. The number of aromatic nitrogens is 4. The van der Waals surface area contributed by atoms with Gasteiger partial charge in [0.05, 0.1) is 17.9 Å². The summed E-state index contributed by atoms with van der Waals surface area (Å²) in [6.45, 7) is 5.06. The fourth-order valence-electron chi connectivity index (χ4n) is 2.10. The van der Waals surface area contributed by atoms with Crippen LogP contribution < -0.4 is 5.32 Å². The van der Waals surface area contributed by atoms with Crippen molar-refractivity contribution >= 4 is 0 Å². The molecule has 1 unspecified atom stereocenters. The minimum Gasteiger partial charge on any atom is -0.308 e. The molecular formula is C13H19N5. The predicted octanol–water partition coefficient (Wildman–Crippen LogP) is 1.70. The first-order valence-electron chi connectivity index (χ1n) is 6.23. The molecule has 2 aromatic rings. The number of nitrogens with zero attached hydrogens (tertiary/aromatic N) is 4. The smallest absolute Gasteiger partial charge is 0.0802 e. The number of aryl methyl sites for hydroxylation is 2. The molecule has 2 rings (SSSR count). The molecular weight excluding hydrogens is 226 g/mol. The first kappa shape index (κ1) is 12.7. The van der Waals surface area contributed by atoms with E-state index >= 15 is 0 Å². The molecule has 0 aliphatic carbocycles. The van der Waals surface area contributed by atoms with Crippen LogP contribution in [-0.2, 0) is 6.54 Å². The molecule has 5 heteroatoms. The van der Waals surface area contributed by atoms with E-state index in [-0.39, 0.29) is 6.04 Å². The third kappa shape index (κ3) is 2.56. The van der Waals surface area contributed by atoms with Crippen LogP contribution in [0.25, 0.3) is 0 Å². The van der Waals surface area contributed by atoms with Crippen LogP contribution in [0, 0.1) is 6.92 Å². The van der Waals surface area contributed by atoms with E-state index in [4.69, 9.17) is 0 Å². The maximum atomic E-state index is 4.25. The summed E-state index contributed by atoms with van der Waals surface area (Å²) in [6, 6.07) is 2.22. The van der Waals surface area contributed by atoms with E-state index in [2.05, 4.69) is 33.6 Å². The van der Waals surface area contributed by atoms with E-state index in [9.17, 15) is 0 Å². The Labute approximate surface area is 107 Å². The molecule has 0 bridgehead atoms. The lowest BCUT2D eigenvalue weighted by molar-refractivity contribution is 0.523. The maximum absolute atomic E-state index is 4.25. The summed E-state index contributed by atoms with van der Waals surface area (Å²) in [7, 11) is 1.94. The van der Waals surface area contributed by atoms with Gasteiger partial charge in [-0.25, -0.2) is 4.68 Å². The van der Waals surface area contributed by atoms with Crippen molar-refractivity contribution in [1.82, 2.24) is 25.3 Å². The molecule has 96 valence electrons. The van der Waals surface area contributed by atoms with Crippen molar-refractivity contribution in [3.8, 4) is 0 Å². The lowest BCUT2D eigenvalue weighted by Crippen LogP contribution is -2.22. The summed E-state index contributed by atoms with van der Waals surface area (Å²) in [6.07, 6.45) is 6.60. The number of hydrogen-bond donors (Lipinski definition) is 1. The first-order chi connectivity index (χ1) is 8.76. The van der Waals surface area contributed by atoms with Crippen LogP contribution in [-0.4, -0.2) is 27.0 Å². The third-order valence-corrected chi connectivity index (χ3v) is 2.90. The van der Waals surface area contributed by atoms with Crippen LogP contribution >= 0.6 is 0 Å². The average molecular weight is 245 g/mol.